The fourth-order valence-electron chi connectivity index (χ4n) is 2.99. The minimum Gasteiger partial charge on any atom is -0.497 e. The lowest BCUT2D eigenvalue weighted by Crippen LogP contribution is -2.29. The Morgan fingerprint density at radius 1 is 1.27 bits per heavy atom. The van der Waals surface area contributed by atoms with Crippen molar-refractivity contribution in [3.8, 4) is 5.75 Å². The highest BCUT2D eigenvalue weighted by molar-refractivity contribution is 14.0. The highest BCUT2D eigenvalue weighted by Gasteiger charge is 2.31. The molecule has 0 amide bonds. The van der Waals surface area contributed by atoms with Crippen LogP contribution in [-0.2, 0) is 0 Å². The second-order valence-corrected chi connectivity index (χ2v) is 6.52. The summed E-state index contributed by atoms with van der Waals surface area (Å²) in [5.41, 5.74) is 7.14. The minimum atomic E-state index is 0. The number of benzene rings is 1. The maximum Gasteiger partial charge on any atom is 0.193 e. The molecule has 0 bridgehead atoms. The minimum absolute atomic E-state index is 0. The molecule has 0 unspecified atom stereocenters. The number of anilines is 1. The Kier molecular flexibility index (Phi) is 7.45. The molecule has 1 fully saturated rings. The van der Waals surface area contributed by atoms with E-state index in [4.69, 9.17) is 10.5 Å². The Bertz CT molecular complexity index is 479. The van der Waals surface area contributed by atoms with E-state index < -0.39 is 0 Å². The highest BCUT2D eigenvalue weighted by atomic mass is 127. The Morgan fingerprint density at radius 3 is 2.41 bits per heavy atom. The molecule has 0 aliphatic heterocycles. The SMILES string of the molecule is COc1ccc(NC(N)=NCC(C)(C)C2CCCC2)cc1.I. The zero-order chi connectivity index (χ0) is 15.3. The van der Waals surface area contributed by atoms with Gasteiger partial charge < -0.3 is 15.8 Å². The number of nitrogens with two attached hydrogens (primary N) is 1. The summed E-state index contributed by atoms with van der Waals surface area (Å²) in [5, 5.41) is 3.13. The van der Waals surface area contributed by atoms with Crippen LogP contribution in [0.5, 0.6) is 5.75 Å². The van der Waals surface area contributed by atoms with Gasteiger partial charge in [-0.25, -0.2) is 0 Å². The fraction of sp³-hybridized carbons (Fsp3) is 0.588. The predicted molar refractivity (Wildman–Crippen MR) is 104 cm³/mol. The monoisotopic (exact) mass is 417 g/mol. The van der Waals surface area contributed by atoms with Gasteiger partial charge in [0.25, 0.3) is 0 Å². The van der Waals surface area contributed by atoms with Crippen molar-refractivity contribution in [2.45, 2.75) is 39.5 Å². The molecular formula is C17H28IN3O. The summed E-state index contributed by atoms with van der Waals surface area (Å²) in [6.45, 7) is 5.37. The second-order valence-electron chi connectivity index (χ2n) is 6.52. The van der Waals surface area contributed by atoms with Crippen LogP contribution in [-0.4, -0.2) is 19.6 Å². The number of halogens is 1. The quantitative estimate of drug-likeness (QED) is 0.428. The van der Waals surface area contributed by atoms with Crippen LogP contribution in [0, 0.1) is 11.3 Å². The first-order chi connectivity index (χ1) is 10.0. The second kappa shape index (κ2) is 8.60. The zero-order valence-corrected chi connectivity index (χ0v) is 16.1. The lowest BCUT2D eigenvalue weighted by atomic mass is 9.78. The smallest absolute Gasteiger partial charge is 0.193 e. The van der Waals surface area contributed by atoms with Crippen LogP contribution in [0.15, 0.2) is 29.3 Å². The molecule has 0 heterocycles. The number of rotatable bonds is 5. The molecule has 0 spiro atoms. The fourth-order valence-corrected chi connectivity index (χ4v) is 2.99. The van der Waals surface area contributed by atoms with E-state index in [1.807, 2.05) is 24.3 Å². The van der Waals surface area contributed by atoms with Gasteiger partial charge in [0.2, 0.25) is 0 Å². The van der Waals surface area contributed by atoms with Crippen molar-refractivity contribution in [2.75, 3.05) is 19.0 Å². The number of guanidine groups is 1. The molecule has 1 aromatic carbocycles. The van der Waals surface area contributed by atoms with Crippen LogP contribution in [0.2, 0.25) is 0 Å². The largest absolute Gasteiger partial charge is 0.497 e. The van der Waals surface area contributed by atoms with Crippen molar-refractivity contribution in [1.82, 2.24) is 0 Å². The maximum absolute atomic E-state index is 5.99. The molecule has 0 atom stereocenters. The average Bonchev–Trinajstić information content (AvgIpc) is 3.01. The molecule has 5 heteroatoms. The highest BCUT2D eigenvalue weighted by Crippen LogP contribution is 2.39. The number of hydrogen-bond acceptors (Lipinski definition) is 2. The van der Waals surface area contributed by atoms with E-state index in [0.717, 1.165) is 23.9 Å². The molecule has 0 saturated heterocycles. The van der Waals surface area contributed by atoms with E-state index in [2.05, 4.69) is 24.2 Å². The molecule has 1 aliphatic rings. The van der Waals surface area contributed by atoms with E-state index >= 15 is 0 Å². The number of aliphatic imine (C=N–C) groups is 1. The summed E-state index contributed by atoms with van der Waals surface area (Å²) < 4.78 is 5.13. The van der Waals surface area contributed by atoms with Crippen LogP contribution >= 0.6 is 24.0 Å². The van der Waals surface area contributed by atoms with Gasteiger partial charge in [-0.3, -0.25) is 4.99 Å². The third-order valence-electron chi connectivity index (χ3n) is 4.48. The van der Waals surface area contributed by atoms with Crippen LogP contribution < -0.4 is 15.8 Å². The van der Waals surface area contributed by atoms with E-state index in [-0.39, 0.29) is 29.4 Å². The normalized spacial score (nSPS) is 16.2. The zero-order valence-electron chi connectivity index (χ0n) is 13.8. The Hall–Kier alpha value is -0.980. The van der Waals surface area contributed by atoms with E-state index in [0.29, 0.717) is 5.96 Å². The summed E-state index contributed by atoms with van der Waals surface area (Å²) in [7, 11) is 1.66. The molecule has 1 saturated carbocycles. The molecule has 2 rings (SSSR count). The van der Waals surface area contributed by atoms with Crippen LogP contribution in [0.25, 0.3) is 0 Å². The van der Waals surface area contributed by atoms with Crippen molar-refractivity contribution < 1.29 is 4.74 Å². The van der Waals surface area contributed by atoms with E-state index in [1.165, 1.54) is 25.7 Å². The van der Waals surface area contributed by atoms with Crippen LogP contribution in [0.1, 0.15) is 39.5 Å². The Labute approximate surface area is 150 Å². The van der Waals surface area contributed by atoms with Crippen molar-refractivity contribution in [3.63, 3.8) is 0 Å². The van der Waals surface area contributed by atoms with Gasteiger partial charge in [-0.15, -0.1) is 24.0 Å². The number of ether oxygens (including phenoxy) is 1. The molecule has 1 aliphatic carbocycles. The molecular weight excluding hydrogens is 389 g/mol. The standard InChI is InChI=1S/C17H27N3O.HI/c1-17(2,13-6-4-5-7-13)12-19-16(18)20-14-8-10-15(21-3)11-9-14;/h8-11,13H,4-7,12H2,1-3H3,(H3,18,19,20);1H. The first-order valence-electron chi connectivity index (χ1n) is 7.72. The summed E-state index contributed by atoms with van der Waals surface area (Å²) in [5.74, 6) is 2.08. The topological polar surface area (TPSA) is 59.6 Å². The van der Waals surface area contributed by atoms with Gasteiger partial charge in [0.1, 0.15) is 5.75 Å². The molecule has 0 radical (unpaired) electrons. The van der Waals surface area contributed by atoms with E-state index in [1.54, 1.807) is 7.11 Å². The number of methoxy groups -OCH3 is 1. The maximum atomic E-state index is 5.99. The Balaban J connectivity index is 0.00000242. The summed E-state index contributed by atoms with van der Waals surface area (Å²) >= 11 is 0. The lowest BCUT2D eigenvalue weighted by Gasteiger charge is -2.30. The summed E-state index contributed by atoms with van der Waals surface area (Å²) in [4.78, 5) is 4.53. The molecule has 4 nitrogen and oxygen atoms in total. The van der Waals surface area contributed by atoms with E-state index in [9.17, 15) is 0 Å². The number of hydrogen-bond donors (Lipinski definition) is 2. The van der Waals surface area contributed by atoms with Gasteiger partial charge in [-0.05, 0) is 48.4 Å². The first-order valence-corrected chi connectivity index (χ1v) is 7.72. The molecule has 3 N–H and O–H groups in total. The first kappa shape index (κ1) is 19.1. The van der Waals surface area contributed by atoms with Crippen molar-refractivity contribution in [1.29, 1.82) is 0 Å². The van der Waals surface area contributed by atoms with Crippen molar-refractivity contribution in [3.05, 3.63) is 24.3 Å². The van der Waals surface area contributed by atoms with Gasteiger partial charge in [-0.2, -0.15) is 0 Å². The molecule has 0 aromatic heterocycles. The predicted octanol–water partition coefficient (Wildman–Crippen LogP) is 4.26. The van der Waals surface area contributed by atoms with Gasteiger partial charge in [0, 0.05) is 12.2 Å². The lowest BCUT2D eigenvalue weighted by molar-refractivity contribution is 0.228. The van der Waals surface area contributed by atoms with Crippen LogP contribution in [0.4, 0.5) is 5.69 Å². The van der Waals surface area contributed by atoms with Gasteiger partial charge in [-0.1, -0.05) is 26.7 Å². The number of nitrogens with zero attached hydrogens (tertiary/aromatic N) is 1. The third kappa shape index (κ3) is 5.34. The summed E-state index contributed by atoms with van der Waals surface area (Å²) in [6, 6.07) is 7.67. The molecule has 22 heavy (non-hydrogen) atoms. The van der Waals surface area contributed by atoms with Gasteiger partial charge >= 0.3 is 0 Å². The van der Waals surface area contributed by atoms with Gasteiger partial charge in [0.15, 0.2) is 5.96 Å². The molecule has 1 aromatic rings. The average molecular weight is 417 g/mol. The summed E-state index contributed by atoms with van der Waals surface area (Å²) in [6.07, 6.45) is 5.37. The molecule has 124 valence electrons. The van der Waals surface area contributed by atoms with Crippen molar-refractivity contribution >= 4 is 35.6 Å². The Morgan fingerprint density at radius 2 is 1.86 bits per heavy atom. The number of nitrogens with one attached hydrogen (secondary N) is 1. The van der Waals surface area contributed by atoms with Crippen LogP contribution in [0.3, 0.4) is 0 Å². The van der Waals surface area contributed by atoms with Gasteiger partial charge in [0.05, 0.1) is 7.11 Å². The third-order valence-corrected chi connectivity index (χ3v) is 4.48. The van der Waals surface area contributed by atoms with Crippen molar-refractivity contribution in [2.24, 2.45) is 22.1 Å².